The number of hydrogen-bond acceptors (Lipinski definition) is 6. The molecule has 0 saturated carbocycles. The first-order valence-electron chi connectivity index (χ1n) is 10.6. The van der Waals surface area contributed by atoms with E-state index in [2.05, 4.69) is 31.6 Å². The first-order chi connectivity index (χ1) is 15.1. The van der Waals surface area contributed by atoms with Gasteiger partial charge in [0.25, 0.3) is 11.8 Å². The van der Waals surface area contributed by atoms with Crippen LogP contribution in [-0.4, -0.2) is 31.3 Å². The number of amides is 2. The molecule has 172 valence electrons. The Hall–Kier alpha value is -2.87. The summed E-state index contributed by atoms with van der Waals surface area (Å²) in [6, 6.07) is 6.67. The molecule has 1 aromatic carbocycles. The second-order valence-electron chi connectivity index (χ2n) is 9.08. The summed E-state index contributed by atoms with van der Waals surface area (Å²) in [5.74, 6) is 0.336. The minimum atomic E-state index is -0.509. The van der Waals surface area contributed by atoms with Crippen molar-refractivity contribution in [3.05, 3.63) is 45.1 Å². The summed E-state index contributed by atoms with van der Waals surface area (Å²) in [5.41, 5.74) is 6.80. The Balaban J connectivity index is 1.52. The fraction of sp³-hybridized carbons (Fsp3) is 0.458. The van der Waals surface area contributed by atoms with Crippen LogP contribution in [0.1, 0.15) is 64.6 Å². The number of fused-ring (bicyclic) bond motifs is 1. The van der Waals surface area contributed by atoms with Crippen LogP contribution in [0.3, 0.4) is 0 Å². The lowest BCUT2D eigenvalue weighted by Crippen LogP contribution is -2.43. The highest BCUT2D eigenvalue weighted by Crippen LogP contribution is 2.40. The third kappa shape index (κ3) is 5.68. The van der Waals surface area contributed by atoms with E-state index in [1.165, 1.54) is 35.8 Å². The lowest BCUT2D eigenvalue weighted by Gasteiger charge is -2.33. The summed E-state index contributed by atoms with van der Waals surface area (Å²) in [6.45, 7) is 7.91. The van der Waals surface area contributed by atoms with Crippen molar-refractivity contribution in [2.75, 3.05) is 13.7 Å². The zero-order chi connectivity index (χ0) is 23.5. The molecular formula is C24H30N2O5S. The molecule has 2 amide bonds. The van der Waals surface area contributed by atoms with Gasteiger partial charge < -0.3 is 9.47 Å². The van der Waals surface area contributed by atoms with Crippen molar-refractivity contribution >= 4 is 28.9 Å². The lowest BCUT2D eigenvalue weighted by atomic mass is 9.72. The summed E-state index contributed by atoms with van der Waals surface area (Å²) < 4.78 is 10.7. The van der Waals surface area contributed by atoms with Gasteiger partial charge in [0.15, 0.2) is 23.9 Å². The summed E-state index contributed by atoms with van der Waals surface area (Å²) in [4.78, 5) is 38.0. The molecular weight excluding hydrogens is 428 g/mol. The molecule has 1 aliphatic carbocycles. The maximum Gasteiger partial charge on any atom is 0.279 e. The molecule has 8 heteroatoms. The number of rotatable bonds is 6. The number of aryl methyl sites for hydroxylation is 1. The molecule has 0 radical (unpaired) electrons. The molecule has 0 saturated heterocycles. The van der Waals surface area contributed by atoms with Crippen LogP contribution in [-0.2, 0) is 17.6 Å². The van der Waals surface area contributed by atoms with Crippen LogP contribution >= 0.6 is 11.3 Å². The van der Waals surface area contributed by atoms with E-state index in [1.54, 1.807) is 18.2 Å². The predicted molar refractivity (Wildman–Crippen MR) is 123 cm³/mol. The average molecular weight is 459 g/mol. The first-order valence-corrected chi connectivity index (χ1v) is 11.4. The number of carbonyl (C=O) groups excluding carboxylic acids is 3. The minimum absolute atomic E-state index is 0.0977. The molecule has 3 rings (SSSR count). The third-order valence-electron chi connectivity index (χ3n) is 5.78. The fourth-order valence-electron chi connectivity index (χ4n) is 3.75. The van der Waals surface area contributed by atoms with Crippen LogP contribution in [0.25, 0.3) is 0 Å². The molecule has 0 aliphatic heterocycles. The number of ketones is 1. The smallest absolute Gasteiger partial charge is 0.279 e. The Bertz CT molecular complexity index is 1020. The van der Waals surface area contributed by atoms with Gasteiger partial charge in [0.05, 0.1) is 12.0 Å². The first kappa shape index (κ1) is 23.8. The Morgan fingerprint density at radius 1 is 1.12 bits per heavy atom. The largest absolute Gasteiger partial charge is 0.493 e. The monoisotopic (exact) mass is 458 g/mol. The van der Waals surface area contributed by atoms with Crippen molar-refractivity contribution in [3.8, 4) is 11.5 Å². The number of Topliss-reactive ketones (excluding diaryl/α,β-unsaturated/α-hetero) is 1. The molecule has 1 heterocycles. The summed E-state index contributed by atoms with van der Waals surface area (Å²) in [7, 11) is 1.46. The minimum Gasteiger partial charge on any atom is -0.493 e. The van der Waals surface area contributed by atoms with Gasteiger partial charge in [0.1, 0.15) is 0 Å². The number of thiophene rings is 1. The molecule has 7 nitrogen and oxygen atoms in total. The zero-order valence-electron chi connectivity index (χ0n) is 19.2. The van der Waals surface area contributed by atoms with Crippen LogP contribution in [0.4, 0.5) is 0 Å². The lowest BCUT2D eigenvalue weighted by molar-refractivity contribution is -0.123. The van der Waals surface area contributed by atoms with E-state index in [1.807, 2.05) is 6.07 Å². The predicted octanol–water partition coefficient (Wildman–Crippen LogP) is 3.95. The normalized spacial score (nSPS) is 15.5. The van der Waals surface area contributed by atoms with Crippen molar-refractivity contribution in [3.63, 3.8) is 0 Å². The second kappa shape index (κ2) is 9.73. The molecule has 32 heavy (non-hydrogen) atoms. The van der Waals surface area contributed by atoms with E-state index in [-0.39, 0.29) is 23.7 Å². The quantitative estimate of drug-likeness (QED) is 0.505. The number of carbonyl (C=O) groups is 3. The van der Waals surface area contributed by atoms with E-state index in [0.29, 0.717) is 27.9 Å². The fourth-order valence-corrected chi connectivity index (χ4v) is 4.85. The Kier molecular flexibility index (Phi) is 7.23. The van der Waals surface area contributed by atoms with Gasteiger partial charge in [-0.3, -0.25) is 25.2 Å². The summed E-state index contributed by atoms with van der Waals surface area (Å²) in [6.07, 6.45) is 3.09. The van der Waals surface area contributed by atoms with Gasteiger partial charge in [0, 0.05) is 10.4 Å². The van der Waals surface area contributed by atoms with Crippen LogP contribution in [0.2, 0.25) is 0 Å². The van der Waals surface area contributed by atoms with E-state index in [4.69, 9.17) is 9.47 Å². The number of ether oxygens (including phenoxy) is 2. The highest BCUT2D eigenvalue weighted by atomic mass is 32.1. The van der Waals surface area contributed by atoms with Gasteiger partial charge in [0.2, 0.25) is 0 Å². The summed E-state index contributed by atoms with van der Waals surface area (Å²) >= 11 is 1.49. The number of hydrogen-bond donors (Lipinski definition) is 2. The topological polar surface area (TPSA) is 93.7 Å². The SMILES string of the molecule is COc1cc(C(C)=O)ccc1OCC(=O)NNC(=O)c1cc2c(s1)CCC(C(C)(C)C)C2. The Morgan fingerprint density at radius 3 is 2.53 bits per heavy atom. The van der Waals surface area contributed by atoms with Crippen molar-refractivity contribution in [1.29, 1.82) is 0 Å². The second-order valence-corrected chi connectivity index (χ2v) is 10.2. The molecule has 1 aromatic heterocycles. The van der Waals surface area contributed by atoms with Crippen LogP contribution in [0.5, 0.6) is 11.5 Å². The molecule has 2 aromatic rings. The van der Waals surface area contributed by atoms with Gasteiger partial charge in [-0.25, -0.2) is 0 Å². The van der Waals surface area contributed by atoms with E-state index in [9.17, 15) is 14.4 Å². The maximum absolute atomic E-state index is 12.5. The number of nitrogens with one attached hydrogen (secondary N) is 2. The maximum atomic E-state index is 12.5. The van der Waals surface area contributed by atoms with Gasteiger partial charge in [-0.2, -0.15) is 0 Å². The van der Waals surface area contributed by atoms with Crippen LogP contribution in [0, 0.1) is 11.3 Å². The molecule has 1 unspecified atom stereocenters. The van der Waals surface area contributed by atoms with Gasteiger partial charge in [-0.1, -0.05) is 20.8 Å². The standard InChI is InChI=1S/C24H30N2O5S/c1-14(27)15-6-8-18(19(11-15)30-5)31-13-22(28)25-26-23(29)21-12-16-10-17(24(2,3)4)7-9-20(16)32-21/h6,8,11-12,17H,7,9-10,13H2,1-5H3,(H,25,28)(H,26,29). The molecule has 1 aliphatic rings. The highest BCUT2D eigenvalue weighted by molar-refractivity contribution is 7.14. The molecule has 0 bridgehead atoms. The third-order valence-corrected chi connectivity index (χ3v) is 7.01. The van der Waals surface area contributed by atoms with E-state index < -0.39 is 5.91 Å². The molecule has 1 atom stereocenters. The molecule has 2 N–H and O–H groups in total. The molecule has 0 spiro atoms. The van der Waals surface area contributed by atoms with Gasteiger partial charge >= 0.3 is 0 Å². The van der Waals surface area contributed by atoms with Crippen molar-refractivity contribution in [1.82, 2.24) is 10.9 Å². The molecule has 0 fully saturated rings. The average Bonchev–Trinajstić information content (AvgIpc) is 3.18. The zero-order valence-corrected chi connectivity index (χ0v) is 20.0. The number of methoxy groups -OCH3 is 1. The van der Waals surface area contributed by atoms with Crippen LogP contribution < -0.4 is 20.3 Å². The van der Waals surface area contributed by atoms with Gasteiger partial charge in [-0.15, -0.1) is 11.3 Å². The van der Waals surface area contributed by atoms with Crippen molar-refractivity contribution in [2.45, 2.75) is 47.0 Å². The summed E-state index contributed by atoms with van der Waals surface area (Å²) in [5, 5.41) is 0. The Morgan fingerprint density at radius 2 is 1.88 bits per heavy atom. The highest BCUT2D eigenvalue weighted by Gasteiger charge is 2.30. The number of hydrazine groups is 1. The van der Waals surface area contributed by atoms with Gasteiger partial charge in [-0.05, 0) is 67.3 Å². The van der Waals surface area contributed by atoms with E-state index >= 15 is 0 Å². The Labute approximate surface area is 192 Å². The van der Waals surface area contributed by atoms with Crippen molar-refractivity contribution in [2.24, 2.45) is 11.3 Å². The van der Waals surface area contributed by atoms with Crippen LogP contribution in [0.15, 0.2) is 24.3 Å². The van der Waals surface area contributed by atoms with Crippen molar-refractivity contribution < 1.29 is 23.9 Å². The number of benzene rings is 1. The van der Waals surface area contributed by atoms with E-state index in [0.717, 1.165) is 19.3 Å².